The van der Waals surface area contributed by atoms with E-state index in [0.29, 0.717) is 4.58 Å². The Morgan fingerprint density at radius 3 is 1.89 bits per heavy atom. The first-order chi connectivity index (χ1) is 9.47. The van der Waals surface area contributed by atoms with Gasteiger partial charge in [-0.1, -0.05) is 6.07 Å². The van der Waals surface area contributed by atoms with Crippen molar-refractivity contribution in [3.05, 3.63) is 22.4 Å². The van der Waals surface area contributed by atoms with Crippen molar-refractivity contribution in [1.29, 1.82) is 0 Å². The number of thioether (sulfide) groups is 4. The van der Waals surface area contributed by atoms with Crippen molar-refractivity contribution in [2.24, 2.45) is 0 Å². The predicted molar refractivity (Wildman–Crippen MR) is 100 cm³/mol. The van der Waals surface area contributed by atoms with E-state index >= 15 is 0 Å². The van der Waals surface area contributed by atoms with Gasteiger partial charge in [0.25, 0.3) is 0 Å². The first-order valence-electron chi connectivity index (χ1n) is 6.89. The van der Waals surface area contributed by atoms with Crippen LogP contribution in [-0.2, 0) is 0 Å². The molecule has 0 aromatic carbocycles. The van der Waals surface area contributed by atoms with Crippen LogP contribution in [0.15, 0.2) is 17.5 Å². The molecule has 0 spiro atoms. The molecular weight excluding hydrogens is 328 g/mol. The summed E-state index contributed by atoms with van der Waals surface area (Å²) in [6.07, 6.45) is 4.13. The Hall–Kier alpha value is 1.10. The van der Waals surface area contributed by atoms with E-state index in [9.17, 15) is 0 Å². The van der Waals surface area contributed by atoms with Gasteiger partial charge in [0, 0.05) is 4.88 Å². The van der Waals surface area contributed by atoms with E-state index < -0.39 is 0 Å². The molecule has 1 aliphatic heterocycles. The topological polar surface area (TPSA) is 0 Å². The molecule has 2 heterocycles. The van der Waals surface area contributed by atoms with Gasteiger partial charge in [0.05, 0.1) is 4.58 Å². The lowest BCUT2D eigenvalue weighted by Crippen LogP contribution is -1.96. The summed E-state index contributed by atoms with van der Waals surface area (Å²) < 4.78 is 0.679. The molecule has 0 unspecified atom stereocenters. The van der Waals surface area contributed by atoms with Crippen molar-refractivity contribution in [2.75, 3.05) is 34.5 Å². The molecule has 0 bridgehead atoms. The molecule has 1 aliphatic rings. The highest BCUT2D eigenvalue weighted by Crippen LogP contribution is 2.42. The highest BCUT2D eigenvalue weighted by molar-refractivity contribution is 8.16. The Kier molecular flexibility index (Phi) is 9.34. The molecule has 1 aromatic heterocycles. The van der Waals surface area contributed by atoms with Gasteiger partial charge in [-0.25, -0.2) is 0 Å². The fourth-order valence-electron chi connectivity index (χ4n) is 1.81. The third kappa shape index (κ3) is 7.07. The normalized spacial score (nSPS) is 21.9. The van der Waals surface area contributed by atoms with Gasteiger partial charge < -0.3 is 0 Å². The molecule has 19 heavy (non-hydrogen) atoms. The molecule has 0 amide bonds. The number of rotatable bonds is 1. The molecule has 0 nitrogen and oxygen atoms in total. The second-order valence-corrected chi connectivity index (χ2v) is 10.5. The fourth-order valence-corrected chi connectivity index (χ4v) is 7.98. The molecule has 2 rings (SSSR count). The summed E-state index contributed by atoms with van der Waals surface area (Å²) in [5.74, 6) is 8.05. The van der Waals surface area contributed by atoms with E-state index in [0.717, 1.165) is 0 Å². The highest BCUT2D eigenvalue weighted by Gasteiger charge is 2.13. The van der Waals surface area contributed by atoms with E-state index in [4.69, 9.17) is 0 Å². The van der Waals surface area contributed by atoms with Gasteiger partial charge in [-0.05, 0) is 65.2 Å². The summed E-state index contributed by atoms with van der Waals surface area (Å²) >= 11 is 10.5. The Balaban J connectivity index is 1.80. The van der Waals surface area contributed by atoms with Crippen LogP contribution in [0.4, 0.5) is 0 Å². The quantitative estimate of drug-likeness (QED) is 0.621. The second-order valence-electron chi connectivity index (χ2n) is 4.37. The SMILES string of the molecule is c1csc(C2SCCCSCCCSCCCS2)c1. The third-order valence-electron chi connectivity index (χ3n) is 2.76. The second kappa shape index (κ2) is 10.8. The minimum absolute atomic E-state index is 0.679. The largest absolute Gasteiger partial charge is 0.162 e. The van der Waals surface area contributed by atoms with E-state index in [1.807, 2.05) is 11.3 Å². The van der Waals surface area contributed by atoms with Crippen molar-refractivity contribution >= 4 is 58.4 Å². The summed E-state index contributed by atoms with van der Waals surface area (Å²) in [5.41, 5.74) is 0. The van der Waals surface area contributed by atoms with Crippen molar-refractivity contribution in [2.45, 2.75) is 23.8 Å². The van der Waals surface area contributed by atoms with Crippen molar-refractivity contribution in [3.63, 3.8) is 0 Å². The van der Waals surface area contributed by atoms with E-state index in [1.165, 1.54) is 53.8 Å². The van der Waals surface area contributed by atoms with Gasteiger partial charge >= 0.3 is 0 Å². The van der Waals surface area contributed by atoms with Crippen LogP contribution in [-0.4, -0.2) is 34.5 Å². The third-order valence-corrected chi connectivity index (χ3v) is 9.28. The zero-order valence-corrected chi connectivity index (χ0v) is 15.3. The monoisotopic (exact) mass is 350 g/mol. The highest BCUT2D eigenvalue weighted by atomic mass is 32.2. The number of hydrogen-bond donors (Lipinski definition) is 0. The number of thiophene rings is 1. The van der Waals surface area contributed by atoms with E-state index in [2.05, 4.69) is 64.6 Å². The van der Waals surface area contributed by atoms with Gasteiger partial charge in [-0.15, -0.1) is 34.9 Å². The van der Waals surface area contributed by atoms with E-state index in [-0.39, 0.29) is 0 Å². The van der Waals surface area contributed by atoms with Crippen LogP contribution >= 0.6 is 58.4 Å². The van der Waals surface area contributed by atoms with Gasteiger partial charge in [-0.2, -0.15) is 23.5 Å². The first-order valence-corrected chi connectivity index (χ1v) is 12.2. The fraction of sp³-hybridized carbons (Fsp3) is 0.714. The lowest BCUT2D eigenvalue weighted by atomic mass is 10.5. The minimum Gasteiger partial charge on any atom is -0.162 e. The molecule has 1 fully saturated rings. The smallest absolute Gasteiger partial charge is 0.0843 e. The molecular formula is C14H22S5. The van der Waals surface area contributed by atoms with E-state index in [1.54, 1.807) is 4.88 Å². The van der Waals surface area contributed by atoms with Gasteiger partial charge in [0.15, 0.2) is 0 Å². The van der Waals surface area contributed by atoms with Crippen LogP contribution in [0.2, 0.25) is 0 Å². The maximum Gasteiger partial charge on any atom is 0.0843 e. The summed E-state index contributed by atoms with van der Waals surface area (Å²) in [6, 6.07) is 4.50. The molecule has 108 valence electrons. The Morgan fingerprint density at radius 1 is 0.789 bits per heavy atom. The van der Waals surface area contributed by atoms with Crippen LogP contribution in [0, 0.1) is 0 Å². The van der Waals surface area contributed by atoms with Gasteiger partial charge in [0.2, 0.25) is 0 Å². The standard InChI is InChI=1S/C14H22S5/c1-5-13(17-10-1)14-18-11-3-8-15-6-2-7-16-9-4-12-19-14/h1,5,10,14H,2-4,6-9,11-12H2. The van der Waals surface area contributed by atoms with Crippen molar-refractivity contribution < 1.29 is 0 Å². The van der Waals surface area contributed by atoms with Crippen LogP contribution in [0.25, 0.3) is 0 Å². The summed E-state index contributed by atoms with van der Waals surface area (Å²) in [7, 11) is 0. The Bertz CT molecular complexity index is 298. The minimum atomic E-state index is 0.679. The maximum atomic E-state index is 2.31. The summed E-state index contributed by atoms with van der Waals surface area (Å²) in [5, 5.41) is 2.22. The average molecular weight is 351 g/mol. The molecule has 0 aliphatic carbocycles. The Morgan fingerprint density at radius 2 is 1.37 bits per heavy atom. The first kappa shape index (κ1) is 16.5. The van der Waals surface area contributed by atoms with Crippen molar-refractivity contribution in [1.82, 2.24) is 0 Å². The lowest BCUT2D eigenvalue weighted by Gasteiger charge is -2.15. The van der Waals surface area contributed by atoms with Crippen LogP contribution in [0.1, 0.15) is 28.7 Å². The molecule has 0 N–H and O–H groups in total. The molecule has 5 heteroatoms. The van der Waals surface area contributed by atoms with Gasteiger partial charge in [0.1, 0.15) is 0 Å². The van der Waals surface area contributed by atoms with Gasteiger partial charge in [-0.3, -0.25) is 0 Å². The molecule has 0 radical (unpaired) electrons. The Labute approximate surface area is 138 Å². The van der Waals surface area contributed by atoms with Crippen LogP contribution in [0.3, 0.4) is 0 Å². The zero-order valence-electron chi connectivity index (χ0n) is 11.2. The van der Waals surface area contributed by atoms with Crippen LogP contribution < -0.4 is 0 Å². The predicted octanol–water partition coefficient (Wildman–Crippen LogP) is 5.86. The average Bonchev–Trinajstić information content (AvgIpc) is 2.95. The maximum absolute atomic E-state index is 2.31. The molecule has 0 saturated carbocycles. The van der Waals surface area contributed by atoms with Crippen molar-refractivity contribution in [3.8, 4) is 0 Å². The summed E-state index contributed by atoms with van der Waals surface area (Å²) in [4.78, 5) is 1.56. The number of hydrogen-bond acceptors (Lipinski definition) is 5. The molecule has 0 atom stereocenters. The molecule has 1 saturated heterocycles. The lowest BCUT2D eigenvalue weighted by molar-refractivity contribution is 1.07. The molecule has 1 aromatic rings. The summed E-state index contributed by atoms with van der Waals surface area (Å²) in [6.45, 7) is 0. The van der Waals surface area contributed by atoms with Crippen LogP contribution in [0.5, 0.6) is 0 Å². The zero-order chi connectivity index (χ0) is 13.2.